The molecular formula is C21H18F2N2O3. The predicted octanol–water partition coefficient (Wildman–Crippen LogP) is 3.17. The molecule has 1 aromatic heterocycles. The number of aromatic nitrogens is 1. The van der Waals surface area contributed by atoms with Gasteiger partial charge in [0, 0.05) is 42.5 Å². The van der Waals surface area contributed by atoms with Crippen LogP contribution in [0.3, 0.4) is 0 Å². The van der Waals surface area contributed by atoms with Crippen LogP contribution in [0, 0.1) is 11.6 Å². The first-order valence-corrected chi connectivity index (χ1v) is 8.53. The SMILES string of the molecule is Cn1ccc(C(=O)NCc2cc(OCc3ccccc3F)ccc2F)cc1=O. The number of nitrogens with zero attached hydrogens (tertiary/aromatic N) is 1. The normalized spacial score (nSPS) is 10.5. The fourth-order valence-electron chi connectivity index (χ4n) is 2.52. The van der Waals surface area contributed by atoms with Gasteiger partial charge in [-0.25, -0.2) is 8.78 Å². The molecule has 3 aromatic rings. The minimum absolute atomic E-state index is 0.00256. The summed E-state index contributed by atoms with van der Waals surface area (Å²) in [4.78, 5) is 23.8. The monoisotopic (exact) mass is 384 g/mol. The number of ether oxygens (including phenoxy) is 1. The molecule has 0 spiro atoms. The molecule has 0 bridgehead atoms. The summed E-state index contributed by atoms with van der Waals surface area (Å²) in [6.45, 7) is -0.0891. The van der Waals surface area contributed by atoms with E-state index in [1.54, 1.807) is 25.2 Å². The molecule has 5 nitrogen and oxygen atoms in total. The Bertz CT molecular complexity index is 1060. The lowest BCUT2D eigenvalue weighted by molar-refractivity contribution is 0.0950. The summed E-state index contributed by atoms with van der Waals surface area (Å²) < 4.78 is 34.6. The number of carbonyl (C=O) groups excluding carboxylic acids is 1. The first kappa shape index (κ1) is 19.3. The number of hydrogen-bond acceptors (Lipinski definition) is 3. The Balaban J connectivity index is 1.66. The number of rotatable bonds is 6. The maximum absolute atomic E-state index is 14.0. The van der Waals surface area contributed by atoms with E-state index >= 15 is 0 Å². The van der Waals surface area contributed by atoms with Crippen molar-refractivity contribution in [2.45, 2.75) is 13.2 Å². The van der Waals surface area contributed by atoms with Crippen LogP contribution in [0.1, 0.15) is 21.5 Å². The van der Waals surface area contributed by atoms with E-state index in [1.807, 2.05) is 0 Å². The van der Waals surface area contributed by atoms with Crippen LogP contribution in [0.4, 0.5) is 8.78 Å². The Morgan fingerprint density at radius 1 is 1.04 bits per heavy atom. The molecule has 1 N–H and O–H groups in total. The van der Waals surface area contributed by atoms with E-state index in [9.17, 15) is 18.4 Å². The van der Waals surface area contributed by atoms with E-state index in [4.69, 9.17) is 4.74 Å². The highest BCUT2D eigenvalue weighted by Gasteiger charge is 2.10. The van der Waals surface area contributed by atoms with E-state index in [-0.39, 0.29) is 35.7 Å². The quantitative estimate of drug-likeness (QED) is 0.710. The third-order valence-corrected chi connectivity index (χ3v) is 4.18. The first-order valence-electron chi connectivity index (χ1n) is 8.53. The van der Waals surface area contributed by atoms with Crippen molar-refractivity contribution in [2.75, 3.05) is 0 Å². The average Bonchev–Trinajstić information content (AvgIpc) is 2.69. The van der Waals surface area contributed by atoms with Crippen molar-refractivity contribution in [3.63, 3.8) is 0 Å². The number of nitrogens with one attached hydrogen (secondary N) is 1. The second-order valence-electron chi connectivity index (χ2n) is 6.18. The van der Waals surface area contributed by atoms with Gasteiger partial charge < -0.3 is 14.6 Å². The van der Waals surface area contributed by atoms with Gasteiger partial charge in [0.1, 0.15) is 24.0 Å². The molecule has 0 aliphatic heterocycles. The number of carbonyl (C=O) groups is 1. The van der Waals surface area contributed by atoms with Gasteiger partial charge in [0.2, 0.25) is 0 Å². The lowest BCUT2D eigenvalue weighted by Crippen LogP contribution is -2.26. The van der Waals surface area contributed by atoms with Gasteiger partial charge in [0.15, 0.2) is 0 Å². The molecule has 0 saturated heterocycles. The zero-order chi connectivity index (χ0) is 20.1. The Morgan fingerprint density at radius 2 is 1.79 bits per heavy atom. The predicted molar refractivity (Wildman–Crippen MR) is 100.0 cm³/mol. The molecule has 0 unspecified atom stereocenters. The van der Waals surface area contributed by atoms with Crippen molar-refractivity contribution in [1.82, 2.24) is 9.88 Å². The highest BCUT2D eigenvalue weighted by atomic mass is 19.1. The van der Waals surface area contributed by atoms with E-state index in [0.717, 1.165) is 0 Å². The van der Waals surface area contributed by atoms with Crippen LogP contribution in [0.25, 0.3) is 0 Å². The Kier molecular flexibility index (Phi) is 5.84. The molecule has 1 amide bonds. The first-order chi connectivity index (χ1) is 13.4. The van der Waals surface area contributed by atoms with Crippen molar-refractivity contribution >= 4 is 5.91 Å². The summed E-state index contributed by atoms with van der Waals surface area (Å²) in [6.07, 6.45) is 1.48. The fraction of sp³-hybridized carbons (Fsp3) is 0.143. The highest BCUT2D eigenvalue weighted by Crippen LogP contribution is 2.19. The molecule has 1 heterocycles. The molecule has 7 heteroatoms. The number of pyridine rings is 1. The van der Waals surface area contributed by atoms with Crippen molar-refractivity contribution in [2.24, 2.45) is 7.05 Å². The van der Waals surface area contributed by atoms with Crippen molar-refractivity contribution < 1.29 is 18.3 Å². The Morgan fingerprint density at radius 3 is 2.54 bits per heavy atom. The molecule has 0 saturated carbocycles. The summed E-state index contributed by atoms with van der Waals surface area (Å²) in [5.74, 6) is -1.04. The fourth-order valence-corrected chi connectivity index (χ4v) is 2.52. The maximum atomic E-state index is 14.0. The lowest BCUT2D eigenvalue weighted by atomic mass is 10.2. The second-order valence-corrected chi connectivity index (χ2v) is 6.18. The second kappa shape index (κ2) is 8.47. The van der Waals surface area contributed by atoms with Gasteiger partial charge in [-0.1, -0.05) is 18.2 Å². The van der Waals surface area contributed by atoms with Gasteiger partial charge in [0.05, 0.1) is 0 Å². The van der Waals surface area contributed by atoms with E-state index < -0.39 is 11.7 Å². The van der Waals surface area contributed by atoms with Crippen LogP contribution in [-0.4, -0.2) is 10.5 Å². The smallest absolute Gasteiger partial charge is 0.251 e. The minimum atomic E-state index is -0.512. The number of amides is 1. The molecule has 0 fully saturated rings. The van der Waals surface area contributed by atoms with Crippen molar-refractivity contribution in [3.05, 3.63) is 99.5 Å². The zero-order valence-corrected chi connectivity index (χ0v) is 15.1. The Labute approximate surface area is 160 Å². The molecule has 0 aliphatic carbocycles. The number of benzene rings is 2. The molecule has 2 aromatic carbocycles. The van der Waals surface area contributed by atoms with Crippen LogP contribution < -0.4 is 15.6 Å². The van der Waals surface area contributed by atoms with Gasteiger partial charge in [-0.05, 0) is 30.3 Å². The van der Waals surface area contributed by atoms with Gasteiger partial charge in [-0.15, -0.1) is 0 Å². The zero-order valence-electron chi connectivity index (χ0n) is 15.1. The van der Waals surface area contributed by atoms with Gasteiger partial charge in [-0.3, -0.25) is 9.59 Å². The lowest BCUT2D eigenvalue weighted by Gasteiger charge is -2.11. The maximum Gasteiger partial charge on any atom is 0.251 e. The summed E-state index contributed by atoms with van der Waals surface area (Å²) in [5.41, 5.74) is 0.466. The van der Waals surface area contributed by atoms with Crippen LogP contribution in [0.5, 0.6) is 5.75 Å². The molecular weight excluding hydrogens is 366 g/mol. The van der Waals surface area contributed by atoms with Gasteiger partial charge >= 0.3 is 0 Å². The average molecular weight is 384 g/mol. The third-order valence-electron chi connectivity index (χ3n) is 4.18. The number of aryl methyl sites for hydroxylation is 1. The summed E-state index contributed by atoms with van der Waals surface area (Å²) >= 11 is 0. The van der Waals surface area contributed by atoms with Crippen molar-refractivity contribution in [3.8, 4) is 5.75 Å². The van der Waals surface area contributed by atoms with Gasteiger partial charge in [-0.2, -0.15) is 0 Å². The number of hydrogen-bond donors (Lipinski definition) is 1. The largest absolute Gasteiger partial charge is 0.489 e. The topological polar surface area (TPSA) is 60.3 Å². The number of halogens is 2. The Hall–Kier alpha value is -3.48. The van der Waals surface area contributed by atoms with Crippen LogP contribution in [0.15, 0.2) is 65.6 Å². The molecule has 0 radical (unpaired) electrons. The minimum Gasteiger partial charge on any atom is -0.489 e. The third kappa shape index (κ3) is 4.62. The van der Waals surface area contributed by atoms with E-state index in [0.29, 0.717) is 11.3 Å². The molecule has 0 aliphatic rings. The van der Waals surface area contributed by atoms with E-state index in [2.05, 4.69) is 5.32 Å². The van der Waals surface area contributed by atoms with Crippen LogP contribution >= 0.6 is 0 Å². The van der Waals surface area contributed by atoms with E-state index in [1.165, 1.54) is 47.2 Å². The van der Waals surface area contributed by atoms with Crippen LogP contribution in [-0.2, 0) is 20.2 Å². The highest BCUT2D eigenvalue weighted by molar-refractivity contribution is 5.93. The molecule has 144 valence electrons. The summed E-state index contributed by atoms with van der Waals surface area (Å²) in [5, 5.41) is 2.57. The molecule has 28 heavy (non-hydrogen) atoms. The molecule has 3 rings (SSSR count). The molecule has 0 atom stereocenters. The van der Waals surface area contributed by atoms with Crippen LogP contribution in [0.2, 0.25) is 0 Å². The summed E-state index contributed by atoms with van der Waals surface area (Å²) in [6, 6.07) is 13.0. The van der Waals surface area contributed by atoms with Gasteiger partial charge in [0.25, 0.3) is 11.5 Å². The summed E-state index contributed by atoms with van der Waals surface area (Å²) in [7, 11) is 1.58. The standard InChI is InChI=1S/C21H18F2N2O3/c1-25-9-8-14(11-20(25)26)21(27)24-12-16-10-17(6-7-19(16)23)28-13-15-4-2-3-5-18(15)22/h2-11H,12-13H2,1H3,(H,24,27). The van der Waals surface area contributed by atoms with Crippen molar-refractivity contribution in [1.29, 1.82) is 0 Å².